The number of hydrogen-bond donors (Lipinski definition) is 0. The molecule has 0 unspecified atom stereocenters. The topological polar surface area (TPSA) is 35.0 Å². The van der Waals surface area contributed by atoms with Crippen LogP contribution in [0.1, 0.15) is 31.2 Å². The highest BCUT2D eigenvalue weighted by atomic mass is 19.4. The van der Waals surface area contributed by atoms with Crippen molar-refractivity contribution in [1.82, 2.24) is 9.97 Å². The molecule has 0 N–H and O–H groups in total. The highest BCUT2D eigenvalue weighted by Crippen LogP contribution is 2.31. The third-order valence-corrected chi connectivity index (χ3v) is 2.61. The highest BCUT2D eigenvalue weighted by molar-refractivity contribution is 5.27. The van der Waals surface area contributed by atoms with E-state index in [1.165, 1.54) is 18.2 Å². The van der Waals surface area contributed by atoms with Crippen LogP contribution in [0.3, 0.4) is 0 Å². The fourth-order valence-corrected chi connectivity index (χ4v) is 1.57. The second-order valence-corrected chi connectivity index (χ2v) is 4.67. The van der Waals surface area contributed by atoms with E-state index < -0.39 is 23.7 Å². The van der Waals surface area contributed by atoms with Crippen molar-refractivity contribution in [2.45, 2.75) is 25.9 Å². The molecule has 2 aromatic rings. The number of nitrogens with zero attached hydrogens (tertiary/aromatic N) is 2. The van der Waals surface area contributed by atoms with Gasteiger partial charge in [0.15, 0.2) is 5.69 Å². The summed E-state index contributed by atoms with van der Waals surface area (Å²) in [7, 11) is 0. The van der Waals surface area contributed by atoms with E-state index in [2.05, 4.69) is 9.97 Å². The van der Waals surface area contributed by atoms with Gasteiger partial charge >= 0.3 is 12.2 Å². The van der Waals surface area contributed by atoms with Crippen molar-refractivity contribution in [3.63, 3.8) is 0 Å². The summed E-state index contributed by atoms with van der Waals surface area (Å²) >= 11 is 0. The molecule has 0 saturated carbocycles. The lowest BCUT2D eigenvalue weighted by molar-refractivity contribution is -0.141. The van der Waals surface area contributed by atoms with E-state index in [0.29, 0.717) is 0 Å². The van der Waals surface area contributed by atoms with Gasteiger partial charge in [0.1, 0.15) is 11.6 Å². The van der Waals surface area contributed by atoms with Crippen molar-refractivity contribution in [3.05, 3.63) is 47.5 Å². The van der Waals surface area contributed by atoms with Crippen LogP contribution in [-0.2, 0) is 6.18 Å². The molecule has 7 heteroatoms. The zero-order valence-electron chi connectivity index (χ0n) is 11.3. The third kappa shape index (κ3) is 3.90. The minimum absolute atomic E-state index is 0.0315. The number of rotatable bonds is 3. The Morgan fingerprint density at radius 2 is 1.81 bits per heavy atom. The minimum Gasteiger partial charge on any atom is -0.424 e. The predicted molar refractivity (Wildman–Crippen MR) is 67.6 cm³/mol. The van der Waals surface area contributed by atoms with Gasteiger partial charge in [-0.05, 0) is 24.1 Å². The molecule has 0 aliphatic rings. The van der Waals surface area contributed by atoms with Crippen molar-refractivity contribution in [1.29, 1.82) is 0 Å². The number of ether oxygens (including phenoxy) is 1. The van der Waals surface area contributed by atoms with Crippen LogP contribution in [0.4, 0.5) is 17.6 Å². The van der Waals surface area contributed by atoms with Crippen molar-refractivity contribution in [3.8, 4) is 11.8 Å². The molecule has 0 radical (unpaired) electrons. The smallest absolute Gasteiger partial charge is 0.424 e. The largest absolute Gasteiger partial charge is 0.433 e. The number of hydrogen-bond acceptors (Lipinski definition) is 3. The van der Waals surface area contributed by atoms with Gasteiger partial charge in [-0.25, -0.2) is 4.39 Å². The molecule has 0 spiro atoms. The summed E-state index contributed by atoms with van der Waals surface area (Å²) in [4.78, 5) is 7.25. The van der Waals surface area contributed by atoms with Gasteiger partial charge in [-0.2, -0.15) is 23.1 Å². The lowest BCUT2D eigenvalue weighted by atomic mass is 10.1. The number of alkyl halides is 3. The molecular weight excluding hydrogens is 288 g/mol. The van der Waals surface area contributed by atoms with Crippen molar-refractivity contribution >= 4 is 0 Å². The van der Waals surface area contributed by atoms with E-state index in [1.54, 1.807) is 13.8 Å². The van der Waals surface area contributed by atoms with Crippen LogP contribution in [0.5, 0.6) is 11.8 Å². The van der Waals surface area contributed by atoms with Gasteiger partial charge in [-0.1, -0.05) is 19.9 Å². The third-order valence-electron chi connectivity index (χ3n) is 2.61. The Balaban J connectivity index is 2.41. The molecule has 1 aromatic heterocycles. The molecule has 1 aromatic carbocycles. The van der Waals surface area contributed by atoms with Crippen LogP contribution in [-0.4, -0.2) is 9.97 Å². The molecule has 112 valence electrons. The summed E-state index contributed by atoms with van der Waals surface area (Å²) in [5, 5.41) is 0. The number of aromatic nitrogens is 2. The van der Waals surface area contributed by atoms with Crippen molar-refractivity contribution < 1.29 is 22.3 Å². The molecule has 3 nitrogen and oxygen atoms in total. The molecular formula is C14H12F4N2O. The summed E-state index contributed by atoms with van der Waals surface area (Å²) < 4.78 is 56.6. The zero-order valence-corrected chi connectivity index (χ0v) is 11.3. The van der Waals surface area contributed by atoms with E-state index in [4.69, 9.17) is 4.74 Å². The maximum atomic E-state index is 13.0. The Labute approximate surface area is 118 Å². The van der Waals surface area contributed by atoms with Crippen LogP contribution in [0.25, 0.3) is 0 Å². The maximum absolute atomic E-state index is 13.0. The van der Waals surface area contributed by atoms with Crippen molar-refractivity contribution in [2.75, 3.05) is 0 Å². The lowest BCUT2D eigenvalue weighted by Gasteiger charge is -2.12. The molecule has 0 atom stereocenters. The first kappa shape index (κ1) is 15.2. The van der Waals surface area contributed by atoms with Crippen LogP contribution in [0.15, 0.2) is 30.3 Å². The van der Waals surface area contributed by atoms with Crippen molar-refractivity contribution in [2.24, 2.45) is 0 Å². The van der Waals surface area contributed by atoms with Crippen LogP contribution in [0.2, 0.25) is 0 Å². The average Bonchev–Trinajstić information content (AvgIpc) is 2.37. The lowest BCUT2D eigenvalue weighted by Crippen LogP contribution is -2.11. The SMILES string of the molecule is CC(C)c1cc(C(F)(F)F)nc(Oc2cccc(F)c2)n1. The van der Waals surface area contributed by atoms with E-state index in [1.807, 2.05) is 0 Å². The van der Waals surface area contributed by atoms with Gasteiger partial charge < -0.3 is 4.74 Å². The number of benzene rings is 1. The van der Waals surface area contributed by atoms with Crippen LogP contribution >= 0.6 is 0 Å². The Hall–Kier alpha value is -2.18. The summed E-state index contributed by atoms with van der Waals surface area (Å²) in [5.41, 5.74) is -0.892. The van der Waals surface area contributed by atoms with E-state index in [9.17, 15) is 17.6 Å². The van der Waals surface area contributed by atoms with E-state index >= 15 is 0 Å². The Bertz CT molecular complexity index is 641. The monoisotopic (exact) mass is 300 g/mol. The Kier molecular flexibility index (Phi) is 4.11. The first-order chi connectivity index (χ1) is 9.75. The average molecular weight is 300 g/mol. The quantitative estimate of drug-likeness (QED) is 0.780. The first-order valence-electron chi connectivity index (χ1n) is 6.15. The molecule has 1 heterocycles. The minimum atomic E-state index is -4.60. The molecule has 0 amide bonds. The van der Waals surface area contributed by atoms with Gasteiger partial charge in [-0.3, -0.25) is 0 Å². The summed E-state index contributed by atoms with van der Waals surface area (Å²) in [6, 6.07) is 5.43. The van der Waals surface area contributed by atoms with Gasteiger partial charge in [0.05, 0.1) is 5.69 Å². The van der Waals surface area contributed by atoms with Gasteiger partial charge in [0.2, 0.25) is 0 Å². The normalized spacial score (nSPS) is 11.8. The second kappa shape index (κ2) is 5.67. The first-order valence-corrected chi connectivity index (χ1v) is 6.15. The van der Waals surface area contributed by atoms with E-state index in [-0.39, 0.29) is 17.4 Å². The second-order valence-electron chi connectivity index (χ2n) is 4.67. The summed E-state index contributed by atoms with van der Waals surface area (Å²) in [5.74, 6) is -0.767. The van der Waals surface area contributed by atoms with Crippen LogP contribution in [0, 0.1) is 5.82 Å². The molecule has 0 aliphatic carbocycles. The van der Waals surface area contributed by atoms with Crippen LogP contribution < -0.4 is 4.74 Å². The Morgan fingerprint density at radius 3 is 2.38 bits per heavy atom. The molecule has 0 bridgehead atoms. The molecule has 0 fully saturated rings. The maximum Gasteiger partial charge on any atom is 0.433 e. The van der Waals surface area contributed by atoms with Gasteiger partial charge in [-0.15, -0.1) is 0 Å². The molecule has 0 saturated heterocycles. The number of halogens is 4. The fraction of sp³-hybridized carbons (Fsp3) is 0.286. The molecule has 2 rings (SSSR count). The standard InChI is InChI=1S/C14H12F4N2O/c1-8(2)11-7-12(14(16,17)18)20-13(19-11)21-10-5-3-4-9(15)6-10/h3-8H,1-2H3. The summed E-state index contributed by atoms with van der Waals surface area (Å²) in [6.07, 6.45) is -4.60. The zero-order chi connectivity index (χ0) is 15.6. The summed E-state index contributed by atoms with van der Waals surface area (Å²) in [6.45, 7) is 3.41. The fourth-order valence-electron chi connectivity index (χ4n) is 1.57. The predicted octanol–water partition coefficient (Wildman–Crippen LogP) is 4.55. The van der Waals surface area contributed by atoms with E-state index in [0.717, 1.165) is 12.1 Å². The highest BCUT2D eigenvalue weighted by Gasteiger charge is 2.34. The van der Waals surface area contributed by atoms with Gasteiger partial charge in [0.25, 0.3) is 0 Å². The Morgan fingerprint density at radius 1 is 1.10 bits per heavy atom. The molecule has 21 heavy (non-hydrogen) atoms. The van der Waals surface area contributed by atoms with Gasteiger partial charge in [0, 0.05) is 6.07 Å². The molecule has 0 aliphatic heterocycles.